The molecule has 0 aliphatic carbocycles. The Bertz CT molecular complexity index is 894. The highest BCUT2D eigenvalue weighted by molar-refractivity contribution is 8.02. The van der Waals surface area contributed by atoms with Gasteiger partial charge in [-0.1, -0.05) is 59.8 Å². The van der Waals surface area contributed by atoms with Crippen LogP contribution < -0.4 is 4.90 Å². The minimum Gasteiger partial charge on any atom is -0.333 e. The average Bonchev–Trinajstić information content (AvgIpc) is 2.70. The molecule has 0 radical (unpaired) electrons. The van der Waals surface area contributed by atoms with Gasteiger partial charge < -0.3 is 9.80 Å². The topological polar surface area (TPSA) is 40.6 Å². The van der Waals surface area contributed by atoms with Crippen LogP contribution in [0.3, 0.4) is 0 Å². The molecule has 2 aromatic carbocycles. The van der Waals surface area contributed by atoms with E-state index in [1.165, 1.54) is 17.3 Å². The van der Waals surface area contributed by atoms with Crippen molar-refractivity contribution in [1.29, 1.82) is 0 Å². The second kappa shape index (κ2) is 8.23. The van der Waals surface area contributed by atoms with Gasteiger partial charge in [-0.25, -0.2) is 0 Å². The molecular weight excluding hydrogens is 368 g/mol. The summed E-state index contributed by atoms with van der Waals surface area (Å²) in [4.78, 5) is 31.3. The third-order valence-electron chi connectivity index (χ3n) is 4.98. The SMILES string of the molecule is C=CCN(Cc1ccc(C)cc1)C(=O)C1(C)Sc2ccccc2N(CC)C1=O. The van der Waals surface area contributed by atoms with Crippen LogP contribution in [0.2, 0.25) is 0 Å². The van der Waals surface area contributed by atoms with Crippen molar-refractivity contribution in [3.8, 4) is 0 Å². The highest BCUT2D eigenvalue weighted by Gasteiger charge is 2.50. The van der Waals surface area contributed by atoms with Crippen LogP contribution in [-0.2, 0) is 16.1 Å². The smallest absolute Gasteiger partial charge is 0.252 e. The zero-order chi connectivity index (χ0) is 20.3. The number of hydrogen-bond acceptors (Lipinski definition) is 3. The van der Waals surface area contributed by atoms with Crippen molar-refractivity contribution < 1.29 is 9.59 Å². The van der Waals surface area contributed by atoms with E-state index < -0.39 is 4.75 Å². The molecule has 0 fully saturated rings. The van der Waals surface area contributed by atoms with Crippen molar-refractivity contribution in [3.63, 3.8) is 0 Å². The largest absolute Gasteiger partial charge is 0.333 e. The Morgan fingerprint density at radius 2 is 1.89 bits per heavy atom. The van der Waals surface area contributed by atoms with Crippen LogP contribution in [0.5, 0.6) is 0 Å². The van der Waals surface area contributed by atoms with Crippen LogP contribution in [0.15, 0.2) is 66.1 Å². The number of anilines is 1. The van der Waals surface area contributed by atoms with Gasteiger partial charge in [-0.05, 0) is 38.5 Å². The highest BCUT2D eigenvalue weighted by Crippen LogP contribution is 2.46. The molecule has 0 spiro atoms. The number of amides is 2. The van der Waals surface area contributed by atoms with Crippen LogP contribution in [-0.4, -0.2) is 34.6 Å². The maximum absolute atomic E-state index is 13.6. The van der Waals surface area contributed by atoms with E-state index in [-0.39, 0.29) is 11.8 Å². The molecule has 0 aromatic heterocycles. The van der Waals surface area contributed by atoms with Crippen molar-refractivity contribution in [2.75, 3.05) is 18.0 Å². The number of carbonyl (C=O) groups is 2. The van der Waals surface area contributed by atoms with Crippen LogP contribution >= 0.6 is 11.8 Å². The van der Waals surface area contributed by atoms with Crippen LogP contribution in [0.4, 0.5) is 5.69 Å². The lowest BCUT2D eigenvalue weighted by Gasteiger charge is -2.40. The Kier molecular flexibility index (Phi) is 5.94. The molecule has 28 heavy (non-hydrogen) atoms. The Morgan fingerprint density at radius 1 is 1.21 bits per heavy atom. The molecule has 1 atom stereocenters. The molecule has 1 unspecified atom stereocenters. The first-order chi connectivity index (χ1) is 13.4. The number of carbonyl (C=O) groups excluding carboxylic acids is 2. The number of benzene rings is 2. The second-order valence-corrected chi connectivity index (χ2v) is 8.57. The van der Waals surface area contributed by atoms with E-state index in [2.05, 4.69) is 6.58 Å². The summed E-state index contributed by atoms with van der Waals surface area (Å²) in [5.74, 6) is -0.349. The summed E-state index contributed by atoms with van der Waals surface area (Å²) < 4.78 is -1.20. The number of nitrogens with zero attached hydrogens (tertiary/aromatic N) is 2. The van der Waals surface area contributed by atoms with E-state index >= 15 is 0 Å². The number of para-hydroxylation sites is 1. The van der Waals surface area contributed by atoms with E-state index in [0.717, 1.165) is 16.1 Å². The number of fused-ring (bicyclic) bond motifs is 1. The molecule has 2 aromatic rings. The van der Waals surface area contributed by atoms with Gasteiger partial charge in [-0.15, -0.1) is 6.58 Å². The van der Waals surface area contributed by atoms with Crippen molar-refractivity contribution in [1.82, 2.24) is 4.90 Å². The first kappa shape index (κ1) is 20.2. The Morgan fingerprint density at radius 3 is 2.54 bits per heavy atom. The van der Waals surface area contributed by atoms with Crippen molar-refractivity contribution in [3.05, 3.63) is 72.3 Å². The molecule has 1 aliphatic heterocycles. The Balaban J connectivity index is 1.94. The zero-order valence-corrected chi connectivity index (χ0v) is 17.5. The highest BCUT2D eigenvalue weighted by atomic mass is 32.2. The van der Waals surface area contributed by atoms with Gasteiger partial charge in [0.25, 0.3) is 5.91 Å². The molecule has 3 rings (SSSR count). The third-order valence-corrected chi connectivity index (χ3v) is 6.30. The van der Waals surface area contributed by atoms with Gasteiger partial charge in [0.15, 0.2) is 4.75 Å². The molecule has 0 N–H and O–H groups in total. The maximum atomic E-state index is 13.6. The lowest BCUT2D eigenvalue weighted by atomic mass is 10.0. The fourth-order valence-corrected chi connectivity index (χ4v) is 4.72. The molecule has 2 amide bonds. The van der Waals surface area contributed by atoms with Crippen LogP contribution in [0, 0.1) is 6.92 Å². The predicted molar refractivity (Wildman–Crippen MR) is 116 cm³/mol. The molecule has 146 valence electrons. The molecule has 0 bridgehead atoms. The maximum Gasteiger partial charge on any atom is 0.252 e. The van der Waals surface area contributed by atoms with Gasteiger partial charge in [-0.3, -0.25) is 9.59 Å². The standard InChI is InChI=1S/C23H26N2O2S/c1-5-15-24(16-18-13-11-17(3)12-14-18)21(26)23(4)22(27)25(6-2)19-9-7-8-10-20(19)28-23/h5,7-14H,1,6,15-16H2,2-4H3. The molecule has 1 aliphatic rings. The Hall–Kier alpha value is -2.53. The van der Waals surface area contributed by atoms with Crippen molar-refractivity contribution in [2.45, 2.75) is 37.0 Å². The van der Waals surface area contributed by atoms with Gasteiger partial charge in [0.05, 0.1) is 5.69 Å². The summed E-state index contributed by atoms with van der Waals surface area (Å²) in [6, 6.07) is 15.9. The number of thioether (sulfide) groups is 1. The molecule has 0 saturated heterocycles. The summed E-state index contributed by atoms with van der Waals surface area (Å²) in [5, 5.41) is 0. The zero-order valence-electron chi connectivity index (χ0n) is 16.6. The van der Waals surface area contributed by atoms with Gasteiger partial charge in [0.1, 0.15) is 0 Å². The normalized spacial score (nSPS) is 18.5. The second-order valence-electron chi connectivity index (χ2n) is 7.11. The summed E-state index contributed by atoms with van der Waals surface area (Å²) in [7, 11) is 0. The predicted octanol–water partition coefficient (Wildman–Crippen LogP) is 4.43. The minimum absolute atomic E-state index is 0.165. The molecular formula is C23H26N2O2S. The lowest BCUT2D eigenvalue weighted by molar-refractivity contribution is -0.138. The van der Waals surface area contributed by atoms with Crippen molar-refractivity contribution in [2.24, 2.45) is 0 Å². The first-order valence-electron chi connectivity index (χ1n) is 9.46. The molecule has 0 saturated carbocycles. The van der Waals surface area contributed by atoms with E-state index in [1.54, 1.807) is 22.8 Å². The minimum atomic E-state index is -1.20. The summed E-state index contributed by atoms with van der Waals surface area (Å²) in [5.41, 5.74) is 3.08. The van der Waals surface area contributed by atoms with Crippen molar-refractivity contribution >= 4 is 29.3 Å². The lowest BCUT2D eigenvalue weighted by Crippen LogP contribution is -2.57. The van der Waals surface area contributed by atoms with Crippen LogP contribution in [0.25, 0.3) is 0 Å². The molecule has 4 nitrogen and oxygen atoms in total. The van der Waals surface area contributed by atoms with E-state index in [0.29, 0.717) is 19.6 Å². The molecule has 1 heterocycles. The number of aryl methyl sites for hydroxylation is 1. The Labute approximate surface area is 171 Å². The third kappa shape index (κ3) is 3.72. The summed E-state index contributed by atoms with van der Waals surface area (Å²) >= 11 is 1.35. The summed E-state index contributed by atoms with van der Waals surface area (Å²) in [6.45, 7) is 10.9. The monoisotopic (exact) mass is 394 g/mol. The number of hydrogen-bond donors (Lipinski definition) is 0. The fourth-order valence-electron chi connectivity index (χ4n) is 3.44. The molecule has 5 heteroatoms. The van der Waals surface area contributed by atoms with Gasteiger partial charge >= 0.3 is 0 Å². The fraction of sp³-hybridized carbons (Fsp3) is 0.304. The van der Waals surface area contributed by atoms with Gasteiger partial charge in [0.2, 0.25) is 5.91 Å². The van der Waals surface area contributed by atoms with E-state index in [1.807, 2.05) is 62.4 Å². The summed E-state index contributed by atoms with van der Waals surface area (Å²) in [6.07, 6.45) is 1.71. The number of rotatable bonds is 6. The van der Waals surface area contributed by atoms with E-state index in [9.17, 15) is 9.59 Å². The van der Waals surface area contributed by atoms with E-state index in [4.69, 9.17) is 0 Å². The first-order valence-corrected chi connectivity index (χ1v) is 10.3. The van der Waals surface area contributed by atoms with Crippen LogP contribution in [0.1, 0.15) is 25.0 Å². The van der Waals surface area contributed by atoms with Gasteiger partial charge in [-0.2, -0.15) is 0 Å². The van der Waals surface area contributed by atoms with Gasteiger partial charge in [0, 0.05) is 24.5 Å². The average molecular weight is 395 g/mol. The quantitative estimate of drug-likeness (QED) is 0.538.